The molecule has 0 bridgehead atoms. The Bertz CT molecular complexity index is 1280. The van der Waals surface area contributed by atoms with E-state index in [4.69, 9.17) is 0 Å². The van der Waals surface area contributed by atoms with Crippen molar-refractivity contribution in [2.75, 3.05) is 0 Å². The molecule has 0 atom stereocenters. The van der Waals surface area contributed by atoms with E-state index >= 15 is 0 Å². The fourth-order valence-electron chi connectivity index (χ4n) is 5.39. The van der Waals surface area contributed by atoms with Crippen molar-refractivity contribution in [3.05, 3.63) is 147 Å². The third-order valence-electron chi connectivity index (χ3n) is 6.81. The van der Waals surface area contributed by atoms with E-state index in [1.807, 2.05) is 0 Å². The molecule has 0 nitrogen and oxygen atoms in total. The molecule has 4 aromatic rings. The molecule has 0 aromatic heterocycles. The Morgan fingerprint density at radius 2 is 1.28 bits per heavy atom. The van der Waals surface area contributed by atoms with Gasteiger partial charge in [0.15, 0.2) is 0 Å². The molecule has 0 aliphatic heterocycles. The molecule has 0 radical (unpaired) electrons. The molecule has 0 heterocycles. The topological polar surface area (TPSA) is 0 Å². The van der Waals surface area contributed by atoms with E-state index in [2.05, 4.69) is 121 Å². The molecule has 2 aliphatic carbocycles. The summed E-state index contributed by atoms with van der Waals surface area (Å²) in [5.41, 5.74) is 8.90. The van der Waals surface area contributed by atoms with E-state index in [1.54, 1.807) is 12.1 Å². The maximum atomic E-state index is 2.47. The van der Waals surface area contributed by atoms with E-state index in [9.17, 15) is 0 Å². The minimum absolute atomic E-state index is 0.473. The van der Waals surface area contributed by atoms with Crippen molar-refractivity contribution in [3.8, 4) is 11.1 Å². The quantitative estimate of drug-likeness (QED) is 0.247. The van der Waals surface area contributed by atoms with Crippen LogP contribution in [0.5, 0.6) is 0 Å². The Morgan fingerprint density at radius 1 is 0.625 bits per heavy atom. The molecule has 0 spiro atoms. The van der Waals surface area contributed by atoms with E-state index in [1.165, 1.54) is 27.8 Å². The van der Waals surface area contributed by atoms with Gasteiger partial charge in [-0.3, -0.25) is 0 Å². The normalized spacial score (nSPS) is 13.7. The first-order chi connectivity index (χ1) is 15.9. The molecule has 6 rings (SSSR count). The SMILES string of the molecule is C1=CC[C]([Zr]([c]2cccc3c2Cc2ccccc2-3)[CH](c2ccccc2)c2ccccc2)=C1. The standard InChI is InChI=1S/C13H9.C13H11.C5H5.Zr/c1-3-7-12-10(5-1)9-11-6-2-4-8-13(11)12;1-3-7-12(8-4-1)11-13-9-5-2-6-10-13;1-2-4-5-3-1;/h1-5,7-8H,9H2;1-11H;1-3H,4H2;. The van der Waals surface area contributed by atoms with Crippen LogP contribution >= 0.6 is 0 Å². The Hall–Kier alpha value is -2.76. The molecule has 0 unspecified atom stereocenters. The number of hydrogen-bond acceptors (Lipinski definition) is 0. The first-order valence-electron chi connectivity index (χ1n) is 11.4. The third kappa shape index (κ3) is 3.50. The first kappa shape index (κ1) is 19.9. The summed E-state index contributed by atoms with van der Waals surface area (Å²) in [5, 5.41) is 0. The Balaban J connectivity index is 1.57. The van der Waals surface area contributed by atoms with Gasteiger partial charge in [-0.05, 0) is 0 Å². The molecule has 1 heteroatoms. The predicted octanol–water partition coefficient (Wildman–Crippen LogP) is 7.13. The van der Waals surface area contributed by atoms with Crippen LogP contribution in [0.25, 0.3) is 11.1 Å². The minimum atomic E-state index is -2.38. The van der Waals surface area contributed by atoms with E-state index in [0.29, 0.717) is 3.63 Å². The van der Waals surface area contributed by atoms with Gasteiger partial charge in [0.2, 0.25) is 0 Å². The van der Waals surface area contributed by atoms with Crippen LogP contribution in [0.3, 0.4) is 0 Å². The van der Waals surface area contributed by atoms with Crippen LogP contribution in [-0.2, 0) is 28.2 Å². The molecule has 2 aliphatic rings. The maximum absolute atomic E-state index is 2.47. The Kier molecular flexibility index (Phi) is 5.37. The van der Waals surface area contributed by atoms with Gasteiger partial charge in [-0.2, -0.15) is 0 Å². The summed E-state index contributed by atoms with van der Waals surface area (Å²) in [7, 11) is 0. The molecule has 0 amide bonds. The van der Waals surface area contributed by atoms with Gasteiger partial charge in [0.25, 0.3) is 0 Å². The number of rotatable bonds is 5. The molecule has 4 aromatic carbocycles. The van der Waals surface area contributed by atoms with Crippen molar-refractivity contribution < 1.29 is 21.8 Å². The van der Waals surface area contributed by atoms with E-state index in [-0.39, 0.29) is 0 Å². The van der Waals surface area contributed by atoms with Crippen molar-refractivity contribution in [2.45, 2.75) is 16.5 Å². The monoisotopic (exact) mass is 487 g/mol. The summed E-state index contributed by atoms with van der Waals surface area (Å²) >= 11 is -2.38. The average Bonchev–Trinajstić information content (AvgIpc) is 3.52. The summed E-state index contributed by atoms with van der Waals surface area (Å²) in [5.74, 6) is 0. The van der Waals surface area contributed by atoms with E-state index in [0.717, 1.165) is 12.8 Å². The summed E-state index contributed by atoms with van der Waals surface area (Å²) in [6, 6.07) is 38.6. The number of allylic oxidation sites excluding steroid dienone is 4. The molecule has 0 saturated heterocycles. The van der Waals surface area contributed by atoms with Crippen LogP contribution in [0.15, 0.2) is 125 Å². The molecule has 0 saturated carbocycles. The Labute approximate surface area is 198 Å². The summed E-state index contributed by atoms with van der Waals surface area (Å²) in [6.07, 6.45) is 9.25. The van der Waals surface area contributed by atoms with Gasteiger partial charge in [-0.15, -0.1) is 0 Å². The first-order valence-corrected chi connectivity index (χ1v) is 15.3. The van der Waals surface area contributed by atoms with Crippen molar-refractivity contribution in [2.24, 2.45) is 0 Å². The van der Waals surface area contributed by atoms with Crippen LogP contribution in [0.4, 0.5) is 0 Å². The molecular weight excluding hydrogens is 464 g/mol. The van der Waals surface area contributed by atoms with Gasteiger partial charge in [0.1, 0.15) is 0 Å². The molecule has 0 fully saturated rings. The van der Waals surface area contributed by atoms with Crippen molar-refractivity contribution in [1.82, 2.24) is 0 Å². The van der Waals surface area contributed by atoms with Crippen LogP contribution < -0.4 is 3.27 Å². The molecule has 153 valence electrons. The summed E-state index contributed by atoms with van der Waals surface area (Å²) < 4.78 is 3.85. The van der Waals surface area contributed by atoms with Gasteiger partial charge < -0.3 is 0 Å². The molecule has 0 N–H and O–H groups in total. The zero-order valence-corrected chi connectivity index (χ0v) is 20.5. The van der Waals surface area contributed by atoms with Gasteiger partial charge in [0.05, 0.1) is 0 Å². The van der Waals surface area contributed by atoms with Gasteiger partial charge in [-0.25, -0.2) is 0 Å². The fraction of sp³-hybridized carbons (Fsp3) is 0.0968. The van der Waals surface area contributed by atoms with E-state index < -0.39 is 21.8 Å². The van der Waals surface area contributed by atoms with Crippen molar-refractivity contribution >= 4 is 3.27 Å². The third-order valence-corrected chi connectivity index (χ3v) is 15.1. The summed E-state index contributed by atoms with van der Waals surface area (Å²) in [6.45, 7) is 0. The zero-order chi connectivity index (χ0) is 21.3. The second-order valence-electron chi connectivity index (χ2n) is 8.66. The number of hydrogen-bond donors (Lipinski definition) is 0. The second kappa shape index (κ2) is 8.64. The van der Waals surface area contributed by atoms with Crippen LogP contribution in [0, 0.1) is 0 Å². The molecule has 32 heavy (non-hydrogen) atoms. The zero-order valence-electron chi connectivity index (χ0n) is 18.0. The second-order valence-corrected chi connectivity index (χ2v) is 15.0. The number of benzene rings is 4. The average molecular weight is 489 g/mol. The number of fused-ring (bicyclic) bond motifs is 3. The van der Waals surface area contributed by atoms with Crippen LogP contribution in [0.2, 0.25) is 0 Å². The Morgan fingerprint density at radius 3 is 1.97 bits per heavy atom. The molecular formula is C31H25Zr. The van der Waals surface area contributed by atoms with Crippen molar-refractivity contribution in [1.29, 1.82) is 0 Å². The predicted molar refractivity (Wildman–Crippen MR) is 131 cm³/mol. The van der Waals surface area contributed by atoms with Gasteiger partial charge in [0, 0.05) is 0 Å². The van der Waals surface area contributed by atoms with Gasteiger partial charge in [-0.1, -0.05) is 0 Å². The summed E-state index contributed by atoms with van der Waals surface area (Å²) in [4.78, 5) is 0. The van der Waals surface area contributed by atoms with Crippen LogP contribution in [-0.4, -0.2) is 0 Å². The fourth-order valence-corrected chi connectivity index (χ4v) is 14.0. The van der Waals surface area contributed by atoms with Crippen molar-refractivity contribution in [3.63, 3.8) is 0 Å². The van der Waals surface area contributed by atoms with Crippen LogP contribution in [0.1, 0.15) is 32.3 Å². The van der Waals surface area contributed by atoms with Gasteiger partial charge >= 0.3 is 200 Å².